The van der Waals surface area contributed by atoms with Crippen molar-refractivity contribution < 1.29 is 17.9 Å². The van der Waals surface area contributed by atoms with Gasteiger partial charge in [0.25, 0.3) is 15.9 Å². The second-order valence-corrected chi connectivity index (χ2v) is 10.9. The summed E-state index contributed by atoms with van der Waals surface area (Å²) in [7, 11) is -2.13. The van der Waals surface area contributed by atoms with Crippen LogP contribution in [0.2, 0.25) is 0 Å². The topological polar surface area (TPSA) is 81.0 Å². The van der Waals surface area contributed by atoms with Crippen LogP contribution in [0.15, 0.2) is 89.3 Å². The summed E-state index contributed by atoms with van der Waals surface area (Å²) in [4.78, 5) is 18.0. The standard InChI is InChI=1S/C26H23N3O4S2/c1-3-16-28-24-22(33-2)9-6-10-23(24)34-26(28)27-25(30)19-11-13-20(14-12-19)35(31,32)29-17-15-18-7-4-5-8-21(18)29/h3-14H,1,15-17H2,2H3. The molecule has 1 aliphatic rings. The Bertz CT molecular complexity index is 1620. The van der Waals surface area contributed by atoms with Gasteiger partial charge in [-0.15, -0.1) is 6.58 Å². The molecule has 3 aromatic carbocycles. The summed E-state index contributed by atoms with van der Waals surface area (Å²) in [6.07, 6.45) is 2.41. The zero-order valence-electron chi connectivity index (χ0n) is 19.0. The van der Waals surface area contributed by atoms with Crippen LogP contribution in [0.4, 0.5) is 5.69 Å². The van der Waals surface area contributed by atoms with Crippen LogP contribution in [-0.2, 0) is 23.0 Å². The fourth-order valence-electron chi connectivity index (χ4n) is 4.25. The molecule has 0 radical (unpaired) electrons. The van der Waals surface area contributed by atoms with Gasteiger partial charge in [-0.1, -0.05) is 41.7 Å². The van der Waals surface area contributed by atoms with Crippen LogP contribution in [-0.4, -0.2) is 32.5 Å². The van der Waals surface area contributed by atoms with Gasteiger partial charge in [-0.2, -0.15) is 4.99 Å². The number of rotatable bonds is 6. The molecule has 0 aliphatic carbocycles. The predicted molar refractivity (Wildman–Crippen MR) is 138 cm³/mol. The number of para-hydroxylation sites is 2. The monoisotopic (exact) mass is 505 g/mol. The van der Waals surface area contributed by atoms with E-state index in [0.29, 0.717) is 41.3 Å². The first-order valence-corrected chi connectivity index (χ1v) is 13.3. The summed E-state index contributed by atoms with van der Waals surface area (Å²) in [5.74, 6) is 0.233. The minimum atomic E-state index is -3.73. The normalized spacial score (nSPS) is 13.7. The maximum atomic E-state index is 13.2. The van der Waals surface area contributed by atoms with E-state index in [1.807, 2.05) is 47.0 Å². The number of carbonyl (C=O) groups is 1. The van der Waals surface area contributed by atoms with Crippen molar-refractivity contribution in [2.24, 2.45) is 4.99 Å². The van der Waals surface area contributed by atoms with E-state index in [1.54, 1.807) is 13.2 Å². The summed E-state index contributed by atoms with van der Waals surface area (Å²) < 4.78 is 36.2. The van der Waals surface area contributed by atoms with Crippen LogP contribution in [0.25, 0.3) is 10.2 Å². The molecule has 0 spiro atoms. The molecule has 0 saturated carbocycles. The molecule has 178 valence electrons. The Labute approximate surface area is 207 Å². The number of fused-ring (bicyclic) bond motifs is 2. The number of aromatic nitrogens is 1. The van der Waals surface area contributed by atoms with Gasteiger partial charge in [0.1, 0.15) is 11.3 Å². The minimum absolute atomic E-state index is 0.138. The number of hydrogen-bond acceptors (Lipinski definition) is 5. The molecule has 0 bridgehead atoms. The highest BCUT2D eigenvalue weighted by atomic mass is 32.2. The summed E-state index contributed by atoms with van der Waals surface area (Å²) in [6.45, 7) is 4.67. The molecule has 2 heterocycles. The van der Waals surface area contributed by atoms with E-state index in [0.717, 1.165) is 15.8 Å². The van der Waals surface area contributed by atoms with Crippen LogP contribution >= 0.6 is 11.3 Å². The fraction of sp³-hybridized carbons (Fsp3) is 0.154. The van der Waals surface area contributed by atoms with Gasteiger partial charge in [0.2, 0.25) is 0 Å². The molecule has 0 saturated heterocycles. The summed E-state index contributed by atoms with van der Waals surface area (Å²) >= 11 is 1.38. The van der Waals surface area contributed by atoms with Gasteiger partial charge in [0.05, 0.1) is 22.4 Å². The lowest BCUT2D eigenvalue weighted by Gasteiger charge is -2.19. The van der Waals surface area contributed by atoms with E-state index in [-0.39, 0.29) is 4.90 Å². The summed E-state index contributed by atoms with van der Waals surface area (Å²) in [5, 5.41) is 0. The van der Waals surface area contributed by atoms with Crippen molar-refractivity contribution in [3.63, 3.8) is 0 Å². The number of anilines is 1. The highest BCUT2D eigenvalue weighted by Gasteiger charge is 2.30. The van der Waals surface area contributed by atoms with Crippen molar-refractivity contribution in [2.75, 3.05) is 18.0 Å². The lowest BCUT2D eigenvalue weighted by molar-refractivity contribution is 0.0997. The van der Waals surface area contributed by atoms with Crippen molar-refractivity contribution in [3.8, 4) is 5.75 Å². The molecule has 5 rings (SSSR count). The molecule has 0 N–H and O–H groups in total. The van der Waals surface area contributed by atoms with Crippen molar-refractivity contribution in [2.45, 2.75) is 17.9 Å². The number of hydrogen-bond donors (Lipinski definition) is 0. The third-order valence-corrected chi connectivity index (χ3v) is 8.80. The van der Waals surface area contributed by atoms with Gasteiger partial charge in [0, 0.05) is 18.7 Å². The number of carbonyl (C=O) groups excluding carboxylic acids is 1. The Morgan fingerprint density at radius 1 is 1.11 bits per heavy atom. The second kappa shape index (κ2) is 9.16. The molecule has 4 aromatic rings. The Kier molecular flexibility index (Phi) is 6.04. The van der Waals surface area contributed by atoms with Crippen molar-refractivity contribution >= 4 is 43.2 Å². The van der Waals surface area contributed by atoms with E-state index in [9.17, 15) is 13.2 Å². The number of methoxy groups -OCH3 is 1. The molecule has 1 aromatic heterocycles. The second-order valence-electron chi connectivity index (χ2n) is 7.99. The van der Waals surface area contributed by atoms with Gasteiger partial charge in [-0.05, 0) is 54.4 Å². The Morgan fingerprint density at radius 3 is 2.63 bits per heavy atom. The third kappa shape index (κ3) is 4.06. The van der Waals surface area contributed by atoms with Crippen LogP contribution in [0.5, 0.6) is 5.75 Å². The number of sulfonamides is 1. The largest absolute Gasteiger partial charge is 0.495 e. The SMILES string of the molecule is C=CCn1c(=NC(=O)c2ccc(S(=O)(=O)N3CCc4ccccc43)cc2)sc2cccc(OC)c21. The van der Waals surface area contributed by atoms with Crippen LogP contribution < -0.4 is 13.8 Å². The molecule has 7 nitrogen and oxygen atoms in total. The summed E-state index contributed by atoms with van der Waals surface area (Å²) in [5.41, 5.74) is 2.86. The van der Waals surface area contributed by atoms with E-state index in [4.69, 9.17) is 4.74 Å². The quantitative estimate of drug-likeness (QED) is 0.364. The Hall–Kier alpha value is -3.69. The van der Waals surface area contributed by atoms with Crippen molar-refractivity contribution in [1.29, 1.82) is 0 Å². The lowest BCUT2D eigenvalue weighted by Crippen LogP contribution is -2.29. The van der Waals surface area contributed by atoms with E-state index in [1.165, 1.54) is 39.9 Å². The van der Waals surface area contributed by atoms with Gasteiger partial charge in [-0.3, -0.25) is 9.10 Å². The maximum Gasteiger partial charge on any atom is 0.279 e. The number of ether oxygens (including phenoxy) is 1. The molecule has 0 fully saturated rings. The smallest absolute Gasteiger partial charge is 0.279 e. The van der Waals surface area contributed by atoms with E-state index >= 15 is 0 Å². The average molecular weight is 506 g/mol. The van der Waals surface area contributed by atoms with E-state index < -0.39 is 15.9 Å². The number of allylic oxidation sites excluding steroid dienone is 1. The number of thiazole rings is 1. The molecule has 1 amide bonds. The highest BCUT2D eigenvalue weighted by molar-refractivity contribution is 7.92. The highest BCUT2D eigenvalue weighted by Crippen LogP contribution is 2.32. The molecule has 0 atom stereocenters. The number of benzene rings is 3. The minimum Gasteiger partial charge on any atom is -0.495 e. The van der Waals surface area contributed by atoms with Crippen LogP contribution in [0.1, 0.15) is 15.9 Å². The van der Waals surface area contributed by atoms with Gasteiger partial charge >= 0.3 is 0 Å². The summed E-state index contributed by atoms with van der Waals surface area (Å²) in [6, 6.07) is 19.1. The average Bonchev–Trinajstić information content (AvgIpc) is 3.46. The van der Waals surface area contributed by atoms with E-state index in [2.05, 4.69) is 11.6 Å². The number of nitrogens with zero attached hydrogens (tertiary/aromatic N) is 3. The third-order valence-electron chi connectivity index (χ3n) is 5.93. The van der Waals surface area contributed by atoms with Gasteiger partial charge in [-0.25, -0.2) is 8.42 Å². The van der Waals surface area contributed by atoms with Crippen molar-refractivity contribution in [1.82, 2.24) is 4.57 Å². The Balaban J connectivity index is 1.48. The molecule has 1 aliphatic heterocycles. The number of amides is 1. The molecule has 35 heavy (non-hydrogen) atoms. The Morgan fingerprint density at radius 2 is 1.89 bits per heavy atom. The fourth-order valence-corrected chi connectivity index (χ4v) is 6.81. The zero-order chi connectivity index (χ0) is 24.6. The first kappa shape index (κ1) is 23.1. The zero-order valence-corrected chi connectivity index (χ0v) is 20.7. The molecular formula is C26H23N3O4S2. The van der Waals surface area contributed by atoms with Crippen LogP contribution in [0, 0.1) is 0 Å². The molecular weight excluding hydrogens is 482 g/mol. The first-order chi connectivity index (χ1) is 16.9. The maximum absolute atomic E-state index is 13.2. The first-order valence-electron chi connectivity index (χ1n) is 11.0. The predicted octanol–water partition coefficient (Wildman–Crippen LogP) is 4.39. The lowest BCUT2D eigenvalue weighted by atomic mass is 10.2. The van der Waals surface area contributed by atoms with Gasteiger partial charge in [0.15, 0.2) is 4.80 Å². The molecule has 0 unspecified atom stereocenters. The van der Waals surface area contributed by atoms with Crippen LogP contribution in [0.3, 0.4) is 0 Å². The van der Waals surface area contributed by atoms with Crippen molar-refractivity contribution in [3.05, 3.63) is 95.3 Å². The van der Waals surface area contributed by atoms with Gasteiger partial charge < -0.3 is 9.30 Å². The molecule has 9 heteroatoms.